The summed E-state index contributed by atoms with van der Waals surface area (Å²) in [6.45, 7) is 0.997. The second-order valence-corrected chi connectivity index (χ2v) is 6.31. The summed E-state index contributed by atoms with van der Waals surface area (Å²) < 4.78 is 12.9. The fourth-order valence-electron chi connectivity index (χ4n) is 2.97. The zero-order valence-corrected chi connectivity index (χ0v) is 14.6. The van der Waals surface area contributed by atoms with Gasteiger partial charge in [0.15, 0.2) is 11.5 Å². The zero-order chi connectivity index (χ0) is 18.6. The Kier molecular flexibility index (Phi) is 4.74. The van der Waals surface area contributed by atoms with E-state index in [1.165, 1.54) is 10.9 Å². The number of aryl methyl sites for hydroxylation is 1. The van der Waals surface area contributed by atoms with Crippen LogP contribution < -0.4 is 20.3 Å². The molecule has 0 unspecified atom stereocenters. The van der Waals surface area contributed by atoms with Crippen LogP contribution in [0.5, 0.6) is 11.5 Å². The molecule has 0 saturated carbocycles. The molecule has 7 nitrogen and oxygen atoms in total. The average Bonchev–Trinajstić information content (AvgIpc) is 2.72. The van der Waals surface area contributed by atoms with Gasteiger partial charge in [-0.25, -0.2) is 4.98 Å². The molecule has 4 rings (SSSR count). The van der Waals surface area contributed by atoms with Crippen LogP contribution in [-0.2, 0) is 11.3 Å². The molecule has 2 aromatic carbocycles. The van der Waals surface area contributed by atoms with Crippen LogP contribution in [0.2, 0.25) is 0 Å². The number of carbonyl (C=O) groups excluding carboxylic acids is 1. The first-order valence-electron chi connectivity index (χ1n) is 8.80. The largest absolute Gasteiger partial charge is 0.486 e. The molecule has 0 spiro atoms. The van der Waals surface area contributed by atoms with Crippen LogP contribution in [0.25, 0.3) is 10.9 Å². The van der Waals surface area contributed by atoms with Gasteiger partial charge in [0.2, 0.25) is 5.91 Å². The number of aromatic nitrogens is 2. The summed E-state index contributed by atoms with van der Waals surface area (Å²) in [5.41, 5.74) is 0.506. The summed E-state index contributed by atoms with van der Waals surface area (Å²) >= 11 is 0. The van der Waals surface area contributed by atoms with Crippen LogP contribution in [0.3, 0.4) is 0 Å². The van der Waals surface area contributed by atoms with Crippen molar-refractivity contribution in [2.45, 2.75) is 19.1 Å². The highest BCUT2D eigenvalue weighted by molar-refractivity contribution is 5.77. The number of para-hydroxylation sites is 3. The van der Waals surface area contributed by atoms with Crippen LogP contribution in [-0.4, -0.2) is 34.7 Å². The minimum absolute atomic E-state index is 0.144. The third-order valence-electron chi connectivity index (χ3n) is 4.41. The lowest BCUT2D eigenvalue weighted by atomic mass is 10.2. The van der Waals surface area contributed by atoms with Crippen molar-refractivity contribution in [1.29, 1.82) is 0 Å². The van der Waals surface area contributed by atoms with E-state index < -0.39 is 0 Å². The Balaban J connectivity index is 1.31. The molecule has 138 valence electrons. The van der Waals surface area contributed by atoms with E-state index in [4.69, 9.17) is 9.47 Å². The maximum absolute atomic E-state index is 12.4. The molecule has 0 aliphatic carbocycles. The van der Waals surface area contributed by atoms with Crippen molar-refractivity contribution in [1.82, 2.24) is 14.9 Å². The van der Waals surface area contributed by atoms with Crippen molar-refractivity contribution in [3.63, 3.8) is 0 Å². The Hall–Kier alpha value is -3.35. The van der Waals surface area contributed by atoms with Gasteiger partial charge >= 0.3 is 0 Å². The number of nitrogens with one attached hydrogen (secondary N) is 1. The van der Waals surface area contributed by atoms with Crippen LogP contribution >= 0.6 is 0 Å². The standard InChI is InChI=1S/C20H19N3O4/c24-19(21-11-14-12-26-17-7-3-4-8-18(17)27-14)9-10-23-13-22-16-6-2-1-5-15(16)20(23)25/h1-8,13-14H,9-12H2,(H,21,24)/t14-/m0/s1. The molecule has 1 aliphatic rings. The van der Waals surface area contributed by atoms with Crippen LogP contribution in [0.4, 0.5) is 0 Å². The highest BCUT2D eigenvalue weighted by atomic mass is 16.6. The molecule has 1 aromatic heterocycles. The van der Waals surface area contributed by atoms with E-state index in [2.05, 4.69) is 10.3 Å². The van der Waals surface area contributed by atoms with Gasteiger partial charge in [0.25, 0.3) is 5.56 Å². The van der Waals surface area contributed by atoms with E-state index >= 15 is 0 Å². The first-order chi connectivity index (χ1) is 13.2. The Morgan fingerprint density at radius 2 is 1.93 bits per heavy atom. The summed E-state index contributed by atoms with van der Waals surface area (Å²) in [6.07, 6.45) is 1.42. The maximum Gasteiger partial charge on any atom is 0.261 e. The lowest BCUT2D eigenvalue weighted by Crippen LogP contribution is -2.41. The lowest BCUT2D eigenvalue weighted by molar-refractivity contribution is -0.121. The van der Waals surface area contributed by atoms with Crippen LogP contribution in [0.15, 0.2) is 59.7 Å². The molecular formula is C20H19N3O4. The Morgan fingerprint density at radius 3 is 2.81 bits per heavy atom. The molecule has 0 saturated heterocycles. The number of nitrogens with zero attached hydrogens (tertiary/aromatic N) is 2. The van der Waals surface area contributed by atoms with E-state index in [1.54, 1.807) is 18.2 Å². The monoisotopic (exact) mass is 365 g/mol. The van der Waals surface area contributed by atoms with Crippen molar-refractivity contribution in [2.75, 3.05) is 13.2 Å². The second kappa shape index (κ2) is 7.49. The van der Waals surface area contributed by atoms with E-state index in [1.807, 2.05) is 30.3 Å². The predicted octanol–water partition coefficient (Wildman–Crippen LogP) is 1.74. The van der Waals surface area contributed by atoms with Gasteiger partial charge in [0, 0.05) is 13.0 Å². The number of ether oxygens (including phenoxy) is 2. The molecule has 1 atom stereocenters. The van der Waals surface area contributed by atoms with Gasteiger partial charge in [-0.3, -0.25) is 14.2 Å². The first-order valence-corrected chi connectivity index (χ1v) is 8.80. The number of carbonyl (C=O) groups is 1. The number of hydrogen-bond donors (Lipinski definition) is 1. The summed E-state index contributed by atoms with van der Waals surface area (Å²) in [6, 6.07) is 14.6. The van der Waals surface area contributed by atoms with E-state index in [-0.39, 0.29) is 30.5 Å². The highest BCUT2D eigenvalue weighted by Gasteiger charge is 2.21. The van der Waals surface area contributed by atoms with Gasteiger partial charge in [-0.1, -0.05) is 24.3 Å². The van der Waals surface area contributed by atoms with Gasteiger partial charge in [-0.05, 0) is 24.3 Å². The summed E-state index contributed by atoms with van der Waals surface area (Å²) in [4.78, 5) is 28.8. The Morgan fingerprint density at radius 1 is 1.15 bits per heavy atom. The van der Waals surface area contributed by atoms with Crippen LogP contribution in [0.1, 0.15) is 6.42 Å². The lowest BCUT2D eigenvalue weighted by Gasteiger charge is -2.26. The number of fused-ring (bicyclic) bond motifs is 2. The van der Waals surface area contributed by atoms with Gasteiger partial charge in [-0.15, -0.1) is 0 Å². The number of hydrogen-bond acceptors (Lipinski definition) is 5. The fraction of sp³-hybridized carbons (Fsp3) is 0.250. The fourth-order valence-corrected chi connectivity index (χ4v) is 2.97. The van der Waals surface area contributed by atoms with Crippen molar-refractivity contribution in [3.8, 4) is 11.5 Å². The topological polar surface area (TPSA) is 82.5 Å². The third kappa shape index (κ3) is 3.76. The van der Waals surface area contributed by atoms with Crippen molar-refractivity contribution in [3.05, 3.63) is 65.2 Å². The van der Waals surface area contributed by atoms with Gasteiger partial charge in [0.05, 0.1) is 23.8 Å². The third-order valence-corrected chi connectivity index (χ3v) is 4.41. The van der Waals surface area contributed by atoms with Gasteiger partial charge in [-0.2, -0.15) is 0 Å². The smallest absolute Gasteiger partial charge is 0.261 e. The van der Waals surface area contributed by atoms with Crippen molar-refractivity contribution >= 4 is 16.8 Å². The minimum atomic E-state index is -0.242. The number of rotatable bonds is 5. The molecule has 1 N–H and O–H groups in total. The molecule has 0 radical (unpaired) electrons. The summed E-state index contributed by atoms with van der Waals surface area (Å²) in [5.74, 6) is 1.23. The summed E-state index contributed by atoms with van der Waals surface area (Å²) in [5, 5.41) is 3.38. The molecular weight excluding hydrogens is 346 g/mol. The van der Waals surface area contributed by atoms with Crippen molar-refractivity contribution in [2.24, 2.45) is 0 Å². The Bertz CT molecular complexity index is 1030. The van der Waals surface area contributed by atoms with E-state index in [0.29, 0.717) is 35.6 Å². The second-order valence-electron chi connectivity index (χ2n) is 6.31. The molecule has 3 aromatic rings. The normalized spacial score (nSPS) is 15.5. The molecule has 1 aliphatic heterocycles. The Labute approximate surface area is 155 Å². The van der Waals surface area contributed by atoms with Gasteiger partial charge in [0.1, 0.15) is 12.7 Å². The number of benzene rings is 2. The quantitative estimate of drug-likeness (QED) is 0.745. The maximum atomic E-state index is 12.4. The summed E-state index contributed by atoms with van der Waals surface area (Å²) in [7, 11) is 0. The molecule has 1 amide bonds. The predicted molar refractivity (Wildman–Crippen MR) is 100.0 cm³/mol. The van der Waals surface area contributed by atoms with Crippen LogP contribution in [0, 0.1) is 0 Å². The van der Waals surface area contributed by atoms with E-state index in [0.717, 1.165) is 0 Å². The van der Waals surface area contributed by atoms with Gasteiger partial charge < -0.3 is 14.8 Å². The molecule has 0 bridgehead atoms. The average molecular weight is 365 g/mol. The molecule has 2 heterocycles. The SMILES string of the molecule is O=C(CCn1cnc2ccccc2c1=O)NC[C@H]1COc2ccccc2O1. The minimum Gasteiger partial charge on any atom is -0.486 e. The zero-order valence-electron chi connectivity index (χ0n) is 14.6. The van der Waals surface area contributed by atoms with E-state index in [9.17, 15) is 9.59 Å². The molecule has 7 heteroatoms. The number of amides is 1. The molecule has 27 heavy (non-hydrogen) atoms. The highest BCUT2D eigenvalue weighted by Crippen LogP contribution is 2.30. The first kappa shape index (κ1) is 17.1. The van der Waals surface area contributed by atoms with Crippen molar-refractivity contribution < 1.29 is 14.3 Å². The molecule has 0 fully saturated rings.